The van der Waals surface area contributed by atoms with E-state index in [1.165, 1.54) is 17.7 Å². The molecule has 5 heteroatoms. The van der Waals surface area contributed by atoms with Crippen LogP contribution in [0, 0.1) is 0 Å². The van der Waals surface area contributed by atoms with Gasteiger partial charge in [0.2, 0.25) is 0 Å². The highest BCUT2D eigenvalue weighted by atomic mass is 32.1. The molecule has 1 aliphatic rings. The topological polar surface area (TPSA) is 44.4 Å². The maximum Gasteiger partial charge on any atom is 0.315 e. The fraction of sp³-hybridized carbons (Fsp3) is 0.533. The van der Waals surface area contributed by atoms with Crippen LogP contribution in [0.4, 0.5) is 4.79 Å². The summed E-state index contributed by atoms with van der Waals surface area (Å²) in [4.78, 5) is 15.3. The summed E-state index contributed by atoms with van der Waals surface area (Å²) in [5.41, 5.74) is 0. The van der Waals surface area contributed by atoms with Crippen LogP contribution in [0.3, 0.4) is 0 Å². The largest absolute Gasteiger partial charge is 0.337 e. The summed E-state index contributed by atoms with van der Waals surface area (Å²) in [6.45, 7) is 7.95. The molecule has 1 aromatic heterocycles. The molecule has 2 N–H and O–H groups in total. The highest BCUT2D eigenvalue weighted by Gasteiger charge is 2.20. The van der Waals surface area contributed by atoms with Crippen molar-refractivity contribution in [1.82, 2.24) is 15.5 Å². The molecule has 0 aromatic carbocycles. The lowest BCUT2D eigenvalue weighted by Gasteiger charge is -2.31. The smallest absolute Gasteiger partial charge is 0.315 e. The zero-order valence-corrected chi connectivity index (χ0v) is 12.6. The molecule has 0 spiro atoms. The summed E-state index contributed by atoms with van der Waals surface area (Å²) in [7, 11) is 0. The first kappa shape index (κ1) is 15.1. The van der Waals surface area contributed by atoms with Crippen molar-refractivity contribution in [1.29, 1.82) is 0 Å². The monoisotopic (exact) mass is 293 g/mol. The quantitative estimate of drug-likeness (QED) is 0.791. The van der Waals surface area contributed by atoms with Crippen molar-refractivity contribution in [2.24, 2.45) is 0 Å². The summed E-state index contributed by atoms with van der Waals surface area (Å²) >= 11 is 1.87. The summed E-state index contributed by atoms with van der Waals surface area (Å²) in [5, 5.41) is 7.74. The van der Waals surface area contributed by atoms with Gasteiger partial charge in [0.1, 0.15) is 0 Å². The van der Waals surface area contributed by atoms with E-state index >= 15 is 0 Å². The molecule has 0 saturated carbocycles. The average Bonchev–Trinajstić information content (AvgIpc) is 3.00. The third-order valence-corrected chi connectivity index (χ3v) is 4.69. The molecule has 2 rings (SSSR count). The third-order valence-electron chi connectivity index (χ3n) is 3.65. The SMILES string of the molecule is C=CCNC(=O)NCCN1CCC(c2cccs2)CC1. The molecule has 0 atom stereocenters. The summed E-state index contributed by atoms with van der Waals surface area (Å²) < 4.78 is 0. The number of nitrogens with one attached hydrogen (secondary N) is 2. The number of nitrogens with zero attached hydrogens (tertiary/aromatic N) is 1. The van der Waals surface area contributed by atoms with E-state index in [0.717, 1.165) is 25.6 Å². The van der Waals surface area contributed by atoms with Crippen LogP contribution < -0.4 is 10.6 Å². The second-order valence-electron chi connectivity index (χ2n) is 5.06. The van der Waals surface area contributed by atoms with Crippen LogP contribution in [0.15, 0.2) is 30.2 Å². The van der Waals surface area contributed by atoms with Crippen LogP contribution in [-0.2, 0) is 0 Å². The van der Waals surface area contributed by atoms with E-state index in [2.05, 4.69) is 39.6 Å². The van der Waals surface area contributed by atoms with Gasteiger partial charge in [-0.05, 0) is 43.3 Å². The number of hydrogen-bond donors (Lipinski definition) is 2. The number of hydrogen-bond acceptors (Lipinski definition) is 3. The lowest BCUT2D eigenvalue weighted by atomic mass is 9.95. The van der Waals surface area contributed by atoms with E-state index in [1.807, 2.05) is 11.3 Å². The molecule has 20 heavy (non-hydrogen) atoms. The predicted molar refractivity (Wildman–Crippen MR) is 84.3 cm³/mol. The maximum absolute atomic E-state index is 11.4. The fourth-order valence-corrected chi connectivity index (χ4v) is 3.42. The van der Waals surface area contributed by atoms with Gasteiger partial charge in [-0.25, -0.2) is 4.79 Å². The average molecular weight is 293 g/mol. The number of thiophene rings is 1. The molecule has 2 heterocycles. The number of urea groups is 1. The van der Waals surface area contributed by atoms with Crippen LogP contribution in [-0.4, -0.2) is 43.7 Å². The molecule has 1 saturated heterocycles. The zero-order chi connectivity index (χ0) is 14.2. The third kappa shape index (κ3) is 4.65. The van der Waals surface area contributed by atoms with Crippen LogP contribution in [0.1, 0.15) is 23.6 Å². The van der Waals surface area contributed by atoms with Gasteiger partial charge >= 0.3 is 6.03 Å². The van der Waals surface area contributed by atoms with E-state index in [-0.39, 0.29) is 6.03 Å². The van der Waals surface area contributed by atoms with Gasteiger partial charge in [0.25, 0.3) is 0 Å². The van der Waals surface area contributed by atoms with Crippen molar-refractivity contribution >= 4 is 17.4 Å². The summed E-state index contributed by atoms with van der Waals surface area (Å²) in [6.07, 6.45) is 4.13. The Labute approximate surface area is 124 Å². The lowest BCUT2D eigenvalue weighted by Crippen LogP contribution is -2.42. The predicted octanol–water partition coefficient (Wildman–Crippen LogP) is 2.41. The second-order valence-corrected chi connectivity index (χ2v) is 6.04. The Hall–Kier alpha value is -1.33. The minimum Gasteiger partial charge on any atom is -0.337 e. The molecule has 4 nitrogen and oxygen atoms in total. The summed E-state index contributed by atoms with van der Waals surface area (Å²) in [5.74, 6) is 0.732. The summed E-state index contributed by atoms with van der Waals surface area (Å²) in [6, 6.07) is 4.27. The normalized spacial score (nSPS) is 16.8. The van der Waals surface area contributed by atoms with Crippen molar-refractivity contribution < 1.29 is 4.79 Å². The highest BCUT2D eigenvalue weighted by molar-refractivity contribution is 7.10. The molecule has 1 aromatic rings. The Morgan fingerprint density at radius 3 is 2.90 bits per heavy atom. The van der Waals surface area contributed by atoms with Gasteiger partial charge in [0, 0.05) is 24.5 Å². The van der Waals surface area contributed by atoms with E-state index in [0.29, 0.717) is 13.1 Å². The number of rotatable bonds is 6. The molecule has 1 fully saturated rings. The second kappa shape index (κ2) is 8.07. The van der Waals surface area contributed by atoms with E-state index < -0.39 is 0 Å². The molecular formula is C15H23N3OS. The Bertz CT molecular complexity index is 411. The molecular weight excluding hydrogens is 270 g/mol. The fourth-order valence-electron chi connectivity index (χ4n) is 2.52. The molecule has 0 unspecified atom stereocenters. The Morgan fingerprint density at radius 2 is 2.25 bits per heavy atom. The minimum atomic E-state index is -0.113. The van der Waals surface area contributed by atoms with Gasteiger partial charge < -0.3 is 15.5 Å². The first-order chi connectivity index (χ1) is 9.79. The van der Waals surface area contributed by atoms with Crippen LogP contribution in [0.25, 0.3) is 0 Å². The maximum atomic E-state index is 11.4. The van der Waals surface area contributed by atoms with Crippen molar-refractivity contribution in [2.75, 3.05) is 32.7 Å². The minimum absolute atomic E-state index is 0.113. The van der Waals surface area contributed by atoms with Crippen molar-refractivity contribution in [3.05, 3.63) is 35.0 Å². The first-order valence-electron chi connectivity index (χ1n) is 7.18. The molecule has 0 aliphatic carbocycles. The number of carbonyl (C=O) groups is 1. The molecule has 1 aliphatic heterocycles. The Kier molecular flexibility index (Phi) is 6.08. The van der Waals surface area contributed by atoms with Crippen LogP contribution in [0.5, 0.6) is 0 Å². The molecule has 110 valence electrons. The van der Waals surface area contributed by atoms with Gasteiger partial charge in [0.05, 0.1) is 0 Å². The number of carbonyl (C=O) groups excluding carboxylic acids is 1. The van der Waals surface area contributed by atoms with Crippen molar-refractivity contribution in [3.63, 3.8) is 0 Å². The van der Waals surface area contributed by atoms with Gasteiger partial charge in [-0.1, -0.05) is 12.1 Å². The van der Waals surface area contributed by atoms with Crippen molar-refractivity contribution in [2.45, 2.75) is 18.8 Å². The Morgan fingerprint density at radius 1 is 1.45 bits per heavy atom. The number of likely N-dealkylation sites (tertiary alicyclic amines) is 1. The van der Waals surface area contributed by atoms with Gasteiger partial charge in [-0.15, -0.1) is 17.9 Å². The van der Waals surface area contributed by atoms with Gasteiger partial charge in [-0.3, -0.25) is 0 Å². The Balaban J connectivity index is 1.60. The zero-order valence-electron chi connectivity index (χ0n) is 11.8. The number of piperidine rings is 1. The molecule has 2 amide bonds. The number of amides is 2. The lowest BCUT2D eigenvalue weighted by molar-refractivity contribution is 0.210. The van der Waals surface area contributed by atoms with Crippen LogP contribution >= 0.6 is 11.3 Å². The van der Waals surface area contributed by atoms with Gasteiger partial charge in [-0.2, -0.15) is 0 Å². The van der Waals surface area contributed by atoms with Crippen LogP contribution in [0.2, 0.25) is 0 Å². The standard InChI is InChI=1S/C15H23N3OS/c1-2-7-16-15(19)17-8-11-18-9-5-13(6-10-18)14-4-3-12-20-14/h2-4,12-13H,1,5-11H2,(H2,16,17,19). The van der Waals surface area contributed by atoms with Crippen molar-refractivity contribution in [3.8, 4) is 0 Å². The van der Waals surface area contributed by atoms with E-state index in [1.54, 1.807) is 6.08 Å². The van der Waals surface area contributed by atoms with E-state index in [9.17, 15) is 4.79 Å². The highest BCUT2D eigenvalue weighted by Crippen LogP contribution is 2.30. The molecule has 0 bridgehead atoms. The van der Waals surface area contributed by atoms with E-state index in [4.69, 9.17) is 0 Å². The van der Waals surface area contributed by atoms with Gasteiger partial charge in [0.15, 0.2) is 0 Å². The molecule has 0 radical (unpaired) electrons. The first-order valence-corrected chi connectivity index (χ1v) is 8.06.